The molecule has 1 aliphatic rings. The molecule has 0 amide bonds. The van der Waals surface area contributed by atoms with E-state index >= 15 is 0 Å². The zero-order valence-electron chi connectivity index (χ0n) is 11.2. The van der Waals surface area contributed by atoms with Gasteiger partial charge in [-0.15, -0.1) is 11.6 Å². The second-order valence-corrected chi connectivity index (χ2v) is 5.09. The molecule has 0 unspecified atom stereocenters. The van der Waals surface area contributed by atoms with Crippen molar-refractivity contribution in [2.45, 2.75) is 5.88 Å². The molecule has 104 valence electrons. The zero-order chi connectivity index (χ0) is 13.8. The van der Waals surface area contributed by atoms with E-state index in [-0.39, 0.29) is 0 Å². The normalized spacial score (nSPS) is 15.4. The molecule has 0 spiro atoms. The van der Waals surface area contributed by atoms with Gasteiger partial charge in [0.2, 0.25) is 0 Å². The van der Waals surface area contributed by atoms with Crippen molar-refractivity contribution in [3.63, 3.8) is 0 Å². The molecule has 0 bridgehead atoms. The zero-order valence-corrected chi connectivity index (χ0v) is 12.0. The molecule has 1 saturated heterocycles. The Kier molecular flexibility index (Phi) is 4.02. The molecule has 3 rings (SSSR count). The maximum Gasteiger partial charge on any atom is 0.128 e. The Balaban J connectivity index is 1.63. The number of hydrogen-bond acceptors (Lipinski definition) is 4. The Morgan fingerprint density at radius 2 is 1.60 bits per heavy atom. The van der Waals surface area contributed by atoms with Crippen molar-refractivity contribution >= 4 is 23.2 Å². The first-order valence-electron chi connectivity index (χ1n) is 6.78. The van der Waals surface area contributed by atoms with Crippen LogP contribution in [0.3, 0.4) is 0 Å². The van der Waals surface area contributed by atoms with Gasteiger partial charge >= 0.3 is 0 Å². The van der Waals surface area contributed by atoms with E-state index in [1.54, 1.807) is 0 Å². The van der Waals surface area contributed by atoms with Gasteiger partial charge < -0.3 is 9.80 Å². The summed E-state index contributed by atoms with van der Waals surface area (Å²) in [4.78, 5) is 13.5. The van der Waals surface area contributed by atoms with Crippen LogP contribution in [-0.4, -0.2) is 36.1 Å². The van der Waals surface area contributed by atoms with Crippen molar-refractivity contribution in [2.24, 2.45) is 0 Å². The van der Waals surface area contributed by atoms with E-state index in [4.69, 9.17) is 11.6 Å². The topological polar surface area (TPSA) is 32.3 Å². The minimum atomic E-state index is 0.515. The third-order valence-electron chi connectivity index (χ3n) is 3.54. The second-order valence-electron chi connectivity index (χ2n) is 4.82. The van der Waals surface area contributed by atoms with Gasteiger partial charge in [0, 0.05) is 44.5 Å². The minimum Gasteiger partial charge on any atom is -0.353 e. The summed E-state index contributed by atoms with van der Waals surface area (Å²) in [6.45, 7) is 3.86. The molecule has 0 N–H and O–H groups in total. The fourth-order valence-electron chi connectivity index (χ4n) is 2.39. The van der Waals surface area contributed by atoms with E-state index in [1.807, 2.05) is 36.7 Å². The number of halogens is 1. The highest BCUT2D eigenvalue weighted by Crippen LogP contribution is 2.17. The molecule has 5 heteroatoms. The molecule has 0 saturated carbocycles. The molecular formula is C15H17ClN4. The van der Waals surface area contributed by atoms with Crippen LogP contribution in [0.2, 0.25) is 0 Å². The summed E-state index contributed by atoms with van der Waals surface area (Å²) >= 11 is 5.78. The van der Waals surface area contributed by atoms with Gasteiger partial charge in [-0.05, 0) is 23.8 Å². The van der Waals surface area contributed by atoms with Crippen LogP contribution in [0.1, 0.15) is 5.56 Å². The molecule has 0 aliphatic carbocycles. The highest BCUT2D eigenvalue weighted by atomic mass is 35.5. The number of anilines is 2. The van der Waals surface area contributed by atoms with Crippen molar-refractivity contribution in [1.29, 1.82) is 0 Å². The molecule has 1 fully saturated rings. The Morgan fingerprint density at radius 3 is 2.10 bits per heavy atom. The van der Waals surface area contributed by atoms with E-state index < -0.39 is 0 Å². The second kappa shape index (κ2) is 6.09. The Labute approximate surface area is 124 Å². The van der Waals surface area contributed by atoms with Gasteiger partial charge in [0.15, 0.2) is 0 Å². The van der Waals surface area contributed by atoms with Crippen LogP contribution in [-0.2, 0) is 5.88 Å². The van der Waals surface area contributed by atoms with Crippen LogP contribution >= 0.6 is 11.6 Å². The molecule has 0 aromatic carbocycles. The summed E-state index contributed by atoms with van der Waals surface area (Å²) in [5.74, 6) is 2.60. The third kappa shape index (κ3) is 2.85. The van der Waals surface area contributed by atoms with Crippen LogP contribution in [0.15, 0.2) is 42.7 Å². The largest absolute Gasteiger partial charge is 0.353 e. The number of rotatable bonds is 3. The highest BCUT2D eigenvalue weighted by molar-refractivity contribution is 6.17. The van der Waals surface area contributed by atoms with E-state index in [0.29, 0.717) is 5.88 Å². The summed E-state index contributed by atoms with van der Waals surface area (Å²) in [7, 11) is 0. The average Bonchev–Trinajstić information content (AvgIpc) is 2.56. The van der Waals surface area contributed by atoms with E-state index in [2.05, 4.69) is 25.8 Å². The quantitative estimate of drug-likeness (QED) is 0.813. The van der Waals surface area contributed by atoms with Gasteiger partial charge in [-0.3, -0.25) is 0 Å². The van der Waals surface area contributed by atoms with Crippen LogP contribution in [0.4, 0.5) is 11.6 Å². The van der Waals surface area contributed by atoms with E-state index in [0.717, 1.165) is 43.4 Å². The van der Waals surface area contributed by atoms with Crippen LogP contribution in [0.5, 0.6) is 0 Å². The summed E-state index contributed by atoms with van der Waals surface area (Å²) in [6.07, 6.45) is 3.70. The van der Waals surface area contributed by atoms with E-state index in [1.165, 1.54) is 0 Å². The number of pyridine rings is 2. The molecule has 3 heterocycles. The Hall–Kier alpha value is -1.81. The van der Waals surface area contributed by atoms with Crippen LogP contribution in [0.25, 0.3) is 0 Å². The lowest BCUT2D eigenvalue weighted by molar-refractivity contribution is 0.641. The molecule has 0 atom stereocenters. The lowest BCUT2D eigenvalue weighted by Crippen LogP contribution is -2.47. The van der Waals surface area contributed by atoms with Crippen LogP contribution in [0, 0.1) is 0 Å². The molecule has 0 radical (unpaired) electrons. The van der Waals surface area contributed by atoms with Crippen LogP contribution < -0.4 is 9.80 Å². The number of aromatic nitrogens is 2. The van der Waals surface area contributed by atoms with Crippen molar-refractivity contribution in [2.75, 3.05) is 36.0 Å². The predicted molar refractivity (Wildman–Crippen MR) is 82.5 cm³/mol. The third-order valence-corrected chi connectivity index (χ3v) is 3.85. The minimum absolute atomic E-state index is 0.515. The molecular weight excluding hydrogens is 272 g/mol. The fraction of sp³-hybridized carbons (Fsp3) is 0.333. The van der Waals surface area contributed by atoms with Crippen molar-refractivity contribution in [1.82, 2.24) is 9.97 Å². The van der Waals surface area contributed by atoms with Gasteiger partial charge in [-0.1, -0.05) is 12.1 Å². The fourth-order valence-corrected chi connectivity index (χ4v) is 2.55. The van der Waals surface area contributed by atoms with Crippen molar-refractivity contribution in [3.8, 4) is 0 Å². The molecule has 2 aromatic heterocycles. The lowest BCUT2D eigenvalue weighted by atomic mass is 10.2. The summed E-state index contributed by atoms with van der Waals surface area (Å²) < 4.78 is 0. The number of piperazine rings is 1. The first-order chi connectivity index (χ1) is 9.86. The molecule has 1 aliphatic heterocycles. The molecule has 2 aromatic rings. The summed E-state index contributed by atoms with van der Waals surface area (Å²) in [5, 5.41) is 0. The molecule has 4 nitrogen and oxygen atoms in total. The smallest absolute Gasteiger partial charge is 0.128 e. The van der Waals surface area contributed by atoms with Gasteiger partial charge in [-0.2, -0.15) is 0 Å². The van der Waals surface area contributed by atoms with E-state index in [9.17, 15) is 0 Å². The number of hydrogen-bond donors (Lipinski definition) is 0. The highest BCUT2D eigenvalue weighted by Gasteiger charge is 2.18. The van der Waals surface area contributed by atoms with Crippen molar-refractivity contribution in [3.05, 3.63) is 48.3 Å². The molecule has 20 heavy (non-hydrogen) atoms. The summed E-state index contributed by atoms with van der Waals surface area (Å²) in [6, 6.07) is 10.1. The maximum atomic E-state index is 5.78. The summed E-state index contributed by atoms with van der Waals surface area (Å²) in [5.41, 5.74) is 1.06. The standard InChI is InChI=1S/C15H17ClN4/c16-11-13-4-5-15(18-12-13)20-9-7-19(8-10-20)14-3-1-2-6-17-14/h1-6,12H,7-11H2. The number of nitrogens with zero attached hydrogens (tertiary/aromatic N) is 4. The van der Waals surface area contributed by atoms with Gasteiger partial charge in [0.1, 0.15) is 11.6 Å². The predicted octanol–water partition coefficient (Wildman–Crippen LogP) is 2.54. The first-order valence-corrected chi connectivity index (χ1v) is 7.32. The Bertz CT molecular complexity index is 536. The van der Waals surface area contributed by atoms with Gasteiger partial charge in [0.25, 0.3) is 0 Å². The lowest BCUT2D eigenvalue weighted by Gasteiger charge is -2.36. The number of alkyl halides is 1. The average molecular weight is 289 g/mol. The SMILES string of the molecule is ClCc1ccc(N2CCN(c3ccccn3)CC2)nc1. The monoisotopic (exact) mass is 288 g/mol. The maximum absolute atomic E-state index is 5.78. The van der Waals surface area contributed by atoms with Crippen molar-refractivity contribution < 1.29 is 0 Å². The van der Waals surface area contributed by atoms with Gasteiger partial charge in [-0.25, -0.2) is 9.97 Å². The first kappa shape index (κ1) is 13.2. The van der Waals surface area contributed by atoms with Gasteiger partial charge in [0.05, 0.1) is 0 Å². The Morgan fingerprint density at radius 1 is 0.900 bits per heavy atom.